The Hall–Kier alpha value is -2.11. The highest BCUT2D eigenvalue weighted by Crippen LogP contribution is 2.15. The summed E-state index contributed by atoms with van der Waals surface area (Å²) in [5.74, 6) is -0.872. The zero-order valence-corrected chi connectivity index (χ0v) is 41.7. The van der Waals surface area contributed by atoms with Crippen molar-refractivity contribution in [2.24, 2.45) is 0 Å². The Labute approximate surface area is 385 Å². The van der Waals surface area contributed by atoms with Gasteiger partial charge in [-0.2, -0.15) is 0 Å². The summed E-state index contributed by atoms with van der Waals surface area (Å²) in [5.41, 5.74) is 0. The predicted octanol–water partition coefficient (Wildman–Crippen LogP) is 17.9. The highest BCUT2D eigenvalue weighted by Gasteiger charge is 2.19. The minimum Gasteiger partial charge on any atom is -0.462 e. The Morgan fingerprint density at radius 1 is 0.306 bits per heavy atom. The predicted molar refractivity (Wildman–Crippen MR) is 266 cm³/mol. The molecule has 1 atom stereocenters. The average molecular weight is 873 g/mol. The molecule has 0 radical (unpaired) electrons. The highest BCUT2D eigenvalue weighted by atomic mass is 16.6. The lowest BCUT2D eigenvalue weighted by Gasteiger charge is -2.18. The number of allylic oxidation sites excluding steroid dienone is 4. The summed E-state index contributed by atoms with van der Waals surface area (Å²) in [5, 5.41) is 0. The standard InChI is InChI=1S/C56H104O6/c1-4-7-10-13-16-19-22-24-26-27-28-29-31-32-34-37-40-43-46-49-55(58)61-52-53(51-60-54(57)48-45-42-39-36-21-18-15-12-9-6-3)62-56(59)50-47-44-41-38-35-33-30-25-23-20-17-14-11-8-5-2/h25,27-28,30,53H,4-24,26,29,31-52H2,1-3H3/b28-27-,30-25-/t53-/m1/s1. The molecule has 0 aromatic rings. The van der Waals surface area contributed by atoms with Crippen LogP contribution in [0.1, 0.15) is 297 Å². The molecule has 0 aromatic carbocycles. The van der Waals surface area contributed by atoms with E-state index >= 15 is 0 Å². The topological polar surface area (TPSA) is 78.9 Å². The molecular formula is C56H104O6. The van der Waals surface area contributed by atoms with E-state index in [9.17, 15) is 14.4 Å². The molecular weight excluding hydrogens is 769 g/mol. The smallest absolute Gasteiger partial charge is 0.306 e. The summed E-state index contributed by atoms with van der Waals surface area (Å²) in [7, 11) is 0. The molecule has 6 nitrogen and oxygen atoms in total. The van der Waals surface area contributed by atoms with Crippen LogP contribution in [0.5, 0.6) is 0 Å². The summed E-state index contributed by atoms with van der Waals surface area (Å²) in [6.07, 6.45) is 58.8. The fourth-order valence-electron chi connectivity index (χ4n) is 8.02. The zero-order chi connectivity index (χ0) is 45.1. The van der Waals surface area contributed by atoms with E-state index in [1.165, 1.54) is 193 Å². The van der Waals surface area contributed by atoms with Crippen molar-refractivity contribution in [1.82, 2.24) is 0 Å². The Kier molecular flexibility index (Phi) is 49.8. The van der Waals surface area contributed by atoms with Crippen LogP contribution in [0.2, 0.25) is 0 Å². The molecule has 0 spiro atoms. The number of carbonyl (C=O) groups is 3. The quantitative estimate of drug-likeness (QED) is 0.0262. The van der Waals surface area contributed by atoms with Crippen molar-refractivity contribution < 1.29 is 28.6 Å². The third kappa shape index (κ3) is 48.9. The number of ether oxygens (including phenoxy) is 3. The Morgan fingerprint density at radius 3 is 0.806 bits per heavy atom. The maximum absolute atomic E-state index is 12.8. The lowest BCUT2D eigenvalue weighted by Crippen LogP contribution is -2.30. The van der Waals surface area contributed by atoms with Crippen LogP contribution in [0, 0.1) is 0 Å². The van der Waals surface area contributed by atoms with Crippen LogP contribution in [0.15, 0.2) is 24.3 Å². The molecule has 0 aliphatic carbocycles. The molecule has 0 aliphatic rings. The van der Waals surface area contributed by atoms with Crippen LogP contribution >= 0.6 is 0 Å². The molecule has 0 aromatic heterocycles. The van der Waals surface area contributed by atoms with E-state index in [-0.39, 0.29) is 31.1 Å². The number of esters is 3. The van der Waals surface area contributed by atoms with Gasteiger partial charge < -0.3 is 14.2 Å². The first kappa shape index (κ1) is 59.9. The van der Waals surface area contributed by atoms with Gasteiger partial charge in [-0.3, -0.25) is 14.4 Å². The van der Waals surface area contributed by atoms with E-state index in [1.54, 1.807) is 0 Å². The second-order valence-electron chi connectivity index (χ2n) is 18.5. The molecule has 0 fully saturated rings. The molecule has 0 bridgehead atoms. The van der Waals surface area contributed by atoms with Crippen LogP contribution in [-0.2, 0) is 28.6 Å². The number of rotatable bonds is 50. The first-order valence-corrected chi connectivity index (χ1v) is 27.3. The molecule has 0 unspecified atom stereocenters. The van der Waals surface area contributed by atoms with Crippen LogP contribution in [0.25, 0.3) is 0 Å². The molecule has 0 rings (SSSR count). The average Bonchev–Trinajstić information content (AvgIpc) is 3.27. The van der Waals surface area contributed by atoms with E-state index < -0.39 is 6.10 Å². The monoisotopic (exact) mass is 873 g/mol. The van der Waals surface area contributed by atoms with E-state index in [4.69, 9.17) is 14.2 Å². The van der Waals surface area contributed by atoms with Crippen molar-refractivity contribution in [3.63, 3.8) is 0 Å². The Morgan fingerprint density at radius 2 is 0.532 bits per heavy atom. The van der Waals surface area contributed by atoms with E-state index in [1.807, 2.05) is 0 Å². The summed E-state index contributed by atoms with van der Waals surface area (Å²) in [4.78, 5) is 38.0. The number of hydrogen-bond donors (Lipinski definition) is 0. The van der Waals surface area contributed by atoms with Gasteiger partial charge in [-0.15, -0.1) is 0 Å². The van der Waals surface area contributed by atoms with Gasteiger partial charge in [0.15, 0.2) is 6.10 Å². The third-order valence-corrected chi connectivity index (χ3v) is 12.2. The maximum Gasteiger partial charge on any atom is 0.306 e. The lowest BCUT2D eigenvalue weighted by molar-refractivity contribution is -0.167. The van der Waals surface area contributed by atoms with Crippen molar-refractivity contribution in [3.8, 4) is 0 Å². The van der Waals surface area contributed by atoms with Crippen molar-refractivity contribution in [1.29, 1.82) is 0 Å². The van der Waals surface area contributed by atoms with Crippen LogP contribution in [0.4, 0.5) is 0 Å². The first-order valence-electron chi connectivity index (χ1n) is 27.3. The largest absolute Gasteiger partial charge is 0.462 e. The van der Waals surface area contributed by atoms with Crippen LogP contribution in [0.3, 0.4) is 0 Å². The molecule has 0 N–H and O–H groups in total. The summed E-state index contributed by atoms with van der Waals surface area (Å²) < 4.78 is 16.8. The van der Waals surface area contributed by atoms with E-state index in [0.717, 1.165) is 64.2 Å². The maximum atomic E-state index is 12.8. The molecule has 62 heavy (non-hydrogen) atoms. The zero-order valence-electron chi connectivity index (χ0n) is 41.7. The molecule has 6 heteroatoms. The lowest BCUT2D eigenvalue weighted by atomic mass is 10.1. The van der Waals surface area contributed by atoms with Gasteiger partial charge in [-0.25, -0.2) is 0 Å². The molecule has 0 saturated heterocycles. The highest BCUT2D eigenvalue weighted by molar-refractivity contribution is 5.71. The van der Waals surface area contributed by atoms with Crippen LogP contribution < -0.4 is 0 Å². The van der Waals surface area contributed by atoms with Gasteiger partial charge in [0, 0.05) is 19.3 Å². The van der Waals surface area contributed by atoms with Crippen molar-refractivity contribution in [2.45, 2.75) is 303 Å². The van der Waals surface area contributed by atoms with Gasteiger partial charge in [0.25, 0.3) is 0 Å². The number of hydrogen-bond acceptors (Lipinski definition) is 6. The number of carbonyl (C=O) groups excluding carboxylic acids is 3. The second kappa shape index (κ2) is 51.5. The molecule has 0 saturated carbocycles. The van der Waals surface area contributed by atoms with Crippen molar-refractivity contribution >= 4 is 17.9 Å². The van der Waals surface area contributed by atoms with Gasteiger partial charge in [0.2, 0.25) is 0 Å². The fourth-order valence-corrected chi connectivity index (χ4v) is 8.02. The van der Waals surface area contributed by atoms with Gasteiger partial charge in [-0.05, 0) is 70.6 Å². The van der Waals surface area contributed by atoms with Gasteiger partial charge in [0.1, 0.15) is 13.2 Å². The minimum absolute atomic E-state index is 0.0724. The molecule has 364 valence electrons. The first-order chi connectivity index (χ1) is 30.5. The van der Waals surface area contributed by atoms with Crippen molar-refractivity contribution in [2.75, 3.05) is 13.2 Å². The summed E-state index contributed by atoms with van der Waals surface area (Å²) in [6, 6.07) is 0. The Balaban J connectivity index is 4.29. The summed E-state index contributed by atoms with van der Waals surface area (Å²) >= 11 is 0. The SMILES string of the molecule is CCCCCCCC/C=C\CCCCCCCC(=O)O[C@@H](COC(=O)CCCCCCCCC/C=C\CCCCCCCCCC)COC(=O)CCCCCCCCCCCC. The third-order valence-electron chi connectivity index (χ3n) is 12.2. The Bertz CT molecular complexity index is 1000. The van der Waals surface area contributed by atoms with Gasteiger partial charge >= 0.3 is 17.9 Å². The van der Waals surface area contributed by atoms with Crippen molar-refractivity contribution in [3.05, 3.63) is 24.3 Å². The molecule has 0 aliphatic heterocycles. The summed E-state index contributed by atoms with van der Waals surface area (Å²) in [6.45, 7) is 6.64. The van der Waals surface area contributed by atoms with E-state index in [2.05, 4.69) is 45.1 Å². The molecule has 0 heterocycles. The minimum atomic E-state index is -0.772. The fraction of sp³-hybridized carbons (Fsp3) is 0.875. The van der Waals surface area contributed by atoms with Gasteiger partial charge in [0.05, 0.1) is 0 Å². The number of unbranched alkanes of at least 4 members (excludes halogenated alkanes) is 35. The van der Waals surface area contributed by atoms with Gasteiger partial charge in [-0.1, -0.05) is 231 Å². The second-order valence-corrected chi connectivity index (χ2v) is 18.5. The van der Waals surface area contributed by atoms with E-state index in [0.29, 0.717) is 19.3 Å². The van der Waals surface area contributed by atoms with Crippen LogP contribution in [-0.4, -0.2) is 37.2 Å². The molecule has 0 amide bonds. The normalized spacial score (nSPS) is 12.1.